The Balaban J connectivity index is 2.11. The molecule has 0 unspecified atom stereocenters. The Morgan fingerprint density at radius 3 is 2.67 bits per heavy atom. The third kappa shape index (κ3) is 4.66. The fourth-order valence-electron chi connectivity index (χ4n) is 1.64. The van der Waals surface area contributed by atoms with Crippen LogP contribution in [0.25, 0.3) is 0 Å². The van der Waals surface area contributed by atoms with E-state index in [2.05, 4.69) is 11.8 Å². The van der Waals surface area contributed by atoms with Gasteiger partial charge in [-0.15, -0.1) is 11.8 Å². The van der Waals surface area contributed by atoms with Crippen LogP contribution in [0.5, 0.6) is 0 Å². The lowest BCUT2D eigenvalue weighted by molar-refractivity contribution is 0.617. The maximum Gasteiger partial charge on any atom is 0.128 e. The molecule has 0 aromatic heterocycles. The fourth-order valence-corrected chi connectivity index (χ4v) is 3.12. The summed E-state index contributed by atoms with van der Waals surface area (Å²) in [6.45, 7) is 0.256. The molecule has 0 aliphatic carbocycles. The molecule has 0 aliphatic rings. The second-order valence-corrected chi connectivity index (χ2v) is 6.04. The first kappa shape index (κ1) is 16.2. The van der Waals surface area contributed by atoms with E-state index in [0.29, 0.717) is 26.9 Å². The van der Waals surface area contributed by atoms with Gasteiger partial charge in [0.25, 0.3) is 0 Å². The number of hydrogen-bond acceptors (Lipinski definition) is 2. The second kappa shape index (κ2) is 7.72. The highest BCUT2D eigenvalue weighted by Gasteiger charge is 2.07. The van der Waals surface area contributed by atoms with Crippen LogP contribution in [0.3, 0.4) is 0 Å². The molecule has 0 radical (unpaired) electrons. The van der Waals surface area contributed by atoms with E-state index in [0.717, 1.165) is 4.90 Å². The molecule has 0 atom stereocenters. The maximum absolute atomic E-state index is 14.0. The number of halogens is 3. The van der Waals surface area contributed by atoms with Crippen LogP contribution in [0.2, 0.25) is 10.0 Å². The molecule has 108 valence electrons. The zero-order valence-corrected chi connectivity index (χ0v) is 13.3. The predicted molar refractivity (Wildman–Crippen MR) is 88.4 cm³/mol. The van der Waals surface area contributed by atoms with Crippen molar-refractivity contribution in [2.24, 2.45) is 5.73 Å². The molecule has 2 aromatic carbocycles. The van der Waals surface area contributed by atoms with Crippen molar-refractivity contribution in [2.75, 3.05) is 6.54 Å². The minimum Gasteiger partial charge on any atom is -0.320 e. The van der Waals surface area contributed by atoms with Crippen LogP contribution in [0.4, 0.5) is 4.39 Å². The summed E-state index contributed by atoms with van der Waals surface area (Å²) in [5, 5.41) is 1.21. The van der Waals surface area contributed by atoms with Crippen LogP contribution in [-0.4, -0.2) is 6.54 Å². The molecule has 0 heterocycles. The van der Waals surface area contributed by atoms with Gasteiger partial charge in [-0.2, -0.15) is 0 Å². The van der Waals surface area contributed by atoms with Crippen molar-refractivity contribution in [1.29, 1.82) is 0 Å². The summed E-state index contributed by atoms with van der Waals surface area (Å²) in [4.78, 5) is 0.829. The largest absolute Gasteiger partial charge is 0.320 e. The molecule has 2 N–H and O–H groups in total. The van der Waals surface area contributed by atoms with Gasteiger partial charge in [-0.1, -0.05) is 41.1 Å². The Kier molecular flexibility index (Phi) is 5.96. The molecule has 0 fully saturated rings. The van der Waals surface area contributed by atoms with Gasteiger partial charge in [-0.3, -0.25) is 0 Å². The molecule has 0 saturated heterocycles. The van der Waals surface area contributed by atoms with Crippen molar-refractivity contribution in [2.45, 2.75) is 10.6 Å². The Morgan fingerprint density at radius 1 is 1.14 bits per heavy atom. The first-order chi connectivity index (χ1) is 10.1. The van der Waals surface area contributed by atoms with Gasteiger partial charge in [-0.05, 0) is 35.9 Å². The average molecular weight is 340 g/mol. The van der Waals surface area contributed by atoms with Gasteiger partial charge >= 0.3 is 0 Å². The van der Waals surface area contributed by atoms with Crippen LogP contribution in [-0.2, 0) is 5.75 Å². The fraction of sp³-hybridized carbons (Fsp3) is 0.125. The smallest absolute Gasteiger partial charge is 0.128 e. The van der Waals surface area contributed by atoms with Crippen molar-refractivity contribution in [1.82, 2.24) is 0 Å². The molecular weight excluding hydrogens is 328 g/mol. The maximum atomic E-state index is 14.0. The topological polar surface area (TPSA) is 26.0 Å². The van der Waals surface area contributed by atoms with Gasteiger partial charge in [0, 0.05) is 21.2 Å². The molecule has 0 amide bonds. The van der Waals surface area contributed by atoms with E-state index < -0.39 is 0 Å². The van der Waals surface area contributed by atoms with E-state index in [1.807, 2.05) is 0 Å². The number of nitrogens with two attached hydrogens (primary N) is 1. The normalized spacial score (nSPS) is 10.1. The highest BCUT2D eigenvalue weighted by Crippen LogP contribution is 2.32. The summed E-state index contributed by atoms with van der Waals surface area (Å²) in [6, 6.07) is 10.1. The highest BCUT2D eigenvalue weighted by atomic mass is 35.5. The number of hydrogen-bond donors (Lipinski definition) is 1. The summed E-state index contributed by atoms with van der Waals surface area (Å²) in [6.07, 6.45) is 0. The van der Waals surface area contributed by atoms with Gasteiger partial charge in [0.15, 0.2) is 0 Å². The summed E-state index contributed by atoms with van der Waals surface area (Å²) in [5.41, 5.74) is 6.50. The van der Waals surface area contributed by atoms with Crippen molar-refractivity contribution in [3.05, 3.63) is 63.4 Å². The highest BCUT2D eigenvalue weighted by molar-refractivity contribution is 7.98. The summed E-state index contributed by atoms with van der Waals surface area (Å²) in [5.74, 6) is 5.68. The third-order valence-corrected chi connectivity index (χ3v) is 4.45. The van der Waals surface area contributed by atoms with Crippen molar-refractivity contribution in [3.63, 3.8) is 0 Å². The van der Waals surface area contributed by atoms with E-state index in [4.69, 9.17) is 28.9 Å². The monoisotopic (exact) mass is 339 g/mol. The summed E-state index contributed by atoms with van der Waals surface area (Å²) >= 11 is 13.4. The first-order valence-electron chi connectivity index (χ1n) is 6.15. The van der Waals surface area contributed by atoms with Gasteiger partial charge in [-0.25, -0.2) is 4.39 Å². The summed E-state index contributed by atoms with van der Waals surface area (Å²) in [7, 11) is 0. The molecule has 21 heavy (non-hydrogen) atoms. The van der Waals surface area contributed by atoms with Gasteiger partial charge in [0.05, 0.1) is 11.6 Å². The number of benzene rings is 2. The molecule has 2 rings (SSSR count). The zero-order chi connectivity index (χ0) is 15.2. The Morgan fingerprint density at radius 2 is 1.95 bits per heavy atom. The minimum absolute atomic E-state index is 0.256. The third-order valence-electron chi connectivity index (χ3n) is 2.66. The lowest BCUT2D eigenvalue weighted by Crippen LogP contribution is -1.94. The number of rotatable bonds is 3. The van der Waals surface area contributed by atoms with E-state index in [9.17, 15) is 4.39 Å². The lowest BCUT2D eigenvalue weighted by atomic mass is 10.1. The van der Waals surface area contributed by atoms with Crippen LogP contribution < -0.4 is 5.73 Å². The molecule has 2 aromatic rings. The molecule has 0 spiro atoms. The van der Waals surface area contributed by atoms with Gasteiger partial charge < -0.3 is 5.73 Å². The summed E-state index contributed by atoms with van der Waals surface area (Å²) < 4.78 is 14.0. The predicted octanol–water partition coefficient (Wildman–Crippen LogP) is 4.74. The molecule has 5 heteroatoms. The van der Waals surface area contributed by atoms with Gasteiger partial charge in [0.1, 0.15) is 5.82 Å². The van der Waals surface area contributed by atoms with E-state index in [-0.39, 0.29) is 12.4 Å². The zero-order valence-electron chi connectivity index (χ0n) is 11.0. The Bertz CT molecular complexity index is 707. The standard InChI is InChI=1S/C16H12Cl2FNS/c17-13-5-6-14(18)16(9-13)21-10-12-4-3-11(2-1-7-20)8-15(12)19/h3-6,8-9H,7,10,20H2. The first-order valence-corrected chi connectivity index (χ1v) is 7.89. The number of thioether (sulfide) groups is 1. The SMILES string of the molecule is NCC#Cc1ccc(CSc2cc(Cl)ccc2Cl)c(F)c1. The van der Waals surface area contributed by atoms with Gasteiger partial charge in [0.2, 0.25) is 0 Å². The quantitative estimate of drug-likeness (QED) is 0.645. The molecular formula is C16H12Cl2FNS. The molecule has 0 saturated carbocycles. The van der Waals surface area contributed by atoms with E-state index in [1.54, 1.807) is 30.3 Å². The average Bonchev–Trinajstić information content (AvgIpc) is 2.47. The van der Waals surface area contributed by atoms with Crippen molar-refractivity contribution < 1.29 is 4.39 Å². The van der Waals surface area contributed by atoms with E-state index >= 15 is 0 Å². The Labute approximate surface area is 137 Å². The van der Waals surface area contributed by atoms with Crippen LogP contribution >= 0.6 is 35.0 Å². The molecule has 0 aliphatic heterocycles. The lowest BCUT2D eigenvalue weighted by Gasteiger charge is -2.06. The van der Waals surface area contributed by atoms with Crippen LogP contribution in [0.15, 0.2) is 41.3 Å². The van der Waals surface area contributed by atoms with Crippen molar-refractivity contribution in [3.8, 4) is 11.8 Å². The molecule has 0 bridgehead atoms. The molecule has 1 nitrogen and oxygen atoms in total. The van der Waals surface area contributed by atoms with Crippen molar-refractivity contribution >= 4 is 35.0 Å². The van der Waals surface area contributed by atoms with Crippen LogP contribution in [0, 0.1) is 17.7 Å². The second-order valence-electron chi connectivity index (χ2n) is 4.18. The van der Waals surface area contributed by atoms with Crippen LogP contribution in [0.1, 0.15) is 11.1 Å². The Hall–Kier alpha value is -1.18. The minimum atomic E-state index is -0.288. The van der Waals surface area contributed by atoms with E-state index in [1.165, 1.54) is 17.8 Å².